The van der Waals surface area contributed by atoms with E-state index in [0.717, 1.165) is 0 Å². The molecule has 0 radical (unpaired) electrons. The number of hydrogen-bond donors (Lipinski definition) is 4. The molecule has 31 heavy (non-hydrogen) atoms. The van der Waals surface area contributed by atoms with Gasteiger partial charge in [0.1, 0.15) is 17.5 Å². The predicted octanol–water partition coefficient (Wildman–Crippen LogP) is 1.81. The van der Waals surface area contributed by atoms with Gasteiger partial charge in [-0.15, -0.1) is 0 Å². The lowest BCUT2D eigenvalue weighted by molar-refractivity contribution is -0.120. The number of nitrogens with one attached hydrogen (secondary N) is 2. The van der Waals surface area contributed by atoms with Crippen LogP contribution in [0.15, 0.2) is 47.6 Å². The van der Waals surface area contributed by atoms with Crippen molar-refractivity contribution in [3.8, 4) is 11.5 Å². The number of nitrogens with two attached hydrogens (primary N) is 1. The van der Waals surface area contributed by atoms with Crippen LogP contribution in [0.2, 0.25) is 0 Å². The molecule has 2 aromatic carbocycles. The number of sulfonamides is 1. The van der Waals surface area contributed by atoms with Gasteiger partial charge in [0.15, 0.2) is 5.84 Å². The van der Waals surface area contributed by atoms with E-state index < -0.39 is 22.0 Å². The molecule has 10 nitrogen and oxygen atoms in total. The fourth-order valence-electron chi connectivity index (χ4n) is 2.79. The Bertz CT molecular complexity index is 1020. The summed E-state index contributed by atoms with van der Waals surface area (Å²) in [4.78, 5) is 13.0. The number of anilines is 1. The van der Waals surface area contributed by atoms with Gasteiger partial charge in [-0.1, -0.05) is 12.1 Å². The molecule has 5 N–H and O–H groups in total. The van der Waals surface area contributed by atoms with Crippen LogP contribution in [0.3, 0.4) is 0 Å². The van der Waals surface area contributed by atoms with Gasteiger partial charge < -0.3 is 25.7 Å². The molecule has 0 saturated heterocycles. The van der Waals surface area contributed by atoms with E-state index >= 15 is 0 Å². The number of nitrogens with zero attached hydrogens (tertiary/aromatic N) is 1. The minimum Gasteiger partial charge on any atom is -0.497 e. The standard InChI is InChI=1S/C20H26N4O6S/c1-4-9-31(27,28)24-20(25)18(14-10-16(29-2)12-17(11-14)30-3)22-15-7-5-13(6-8-15)19(21)23-26/h5-8,10-12,18,22,26H,4,9H2,1-3H3,(H2,21,23)(H,24,25). The maximum atomic E-state index is 13.0. The SMILES string of the molecule is CCCS(=O)(=O)NC(=O)C(Nc1ccc(/C(N)=N/O)cc1)c1cc(OC)cc(OC)c1. The van der Waals surface area contributed by atoms with Crippen molar-refractivity contribution >= 4 is 27.5 Å². The largest absolute Gasteiger partial charge is 0.497 e. The van der Waals surface area contributed by atoms with Crippen molar-refractivity contribution in [2.24, 2.45) is 10.9 Å². The first-order valence-corrected chi connectivity index (χ1v) is 11.0. The van der Waals surface area contributed by atoms with Crippen LogP contribution in [-0.4, -0.2) is 45.3 Å². The third-order valence-electron chi connectivity index (χ3n) is 4.30. The van der Waals surface area contributed by atoms with Crippen LogP contribution in [0.1, 0.15) is 30.5 Å². The monoisotopic (exact) mass is 450 g/mol. The van der Waals surface area contributed by atoms with Gasteiger partial charge in [-0.3, -0.25) is 9.52 Å². The van der Waals surface area contributed by atoms with Crippen molar-refractivity contribution in [1.82, 2.24) is 4.72 Å². The first-order valence-electron chi connectivity index (χ1n) is 9.34. The number of carbonyl (C=O) groups excluding carboxylic acids is 1. The Balaban J connectivity index is 2.44. The molecule has 2 aromatic rings. The predicted molar refractivity (Wildman–Crippen MR) is 117 cm³/mol. The van der Waals surface area contributed by atoms with Crippen LogP contribution in [0.25, 0.3) is 0 Å². The highest BCUT2D eigenvalue weighted by Gasteiger charge is 2.26. The van der Waals surface area contributed by atoms with Gasteiger partial charge in [-0.2, -0.15) is 0 Å². The smallest absolute Gasteiger partial charge is 0.260 e. The number of hydrogen-bond acceptors (Lipinski definition) is 8. The van der Waals surface area contributed by atoms with E-state index in [0.29, 0.717) is 34.7 Å². The Kier molecular flexibility index (Phi) is 8.08. The van der Waals surface area contributed by atoms with Gasteiger partial charge in [0.25, 0.3) is 5.91 Å². The lowest BCUT2D eigenvalue weighted by atomic mass is 10.0. The number of oxime groups is 1. The van der Waals surface area contributed by atoms with E-state index in [1.54, 1.807) is 49.4 Å². The molecule has 0 saturated carbocycles. The van der Waals surface area contributed by atoms with Gasteiger partial charge >= 0.3 is 0 Å². The molecule has 168 valence electrons. The van der Waals surface area contributed by atoms with Crippen molar-refractivity contribution in [2.45, 2.75) is 19.4 Å². The lowest BCUT2D eigenvalue weighted by Crippen LogP contribution is -2.38. The molecule has 0 fully saturated rings. The van der Waals surface area contributed by atoms with Crippen LogP contribution in [-0.2, 0) is 14.8 Å². The van der Waals surface area contributed by atoms with Gasteiger partial charge in [0, 0.05) is 17.3 Å². The number of benzene rings is 2. The second kappa shape index (κ2) is 10.5. The zero-order valence-electron chi connectivity index (χ0n) is 17.5. The van der Waals surface area contributed by atoms with Gasteiger partial charge in [-0.25, -0.2) is 8.42 Å². The summed E-state index contributed by atoms with van der Waals surface area (Å²) in [6.45, 7) is 1.70. The Hall–Kier alpha value is -3.47. The average molecular weight is 451 g/mol. The minimum atomic E-state index is -3.79. The lowest BCUT2D eigenvalue weighted by Gasteiger charge is -2.21. The first kappa shape index (κ1) is 23.8. The molecule has 0 aliphatic carbocycles. The van der Waals surface area contributed by atoms with E-state index in [9.17, 15) is 13.2 Å². The van der Waals surface area contributed by atoms with Crippen molar-refractivity contribution in [2.75, 3.05) is 25.3 Å². The number of rotatable bonds is 10. The Morgan fingerprint density at radius 3 is 2.19 bits per heavy atom. The summed E-state index contributed by atoms with van der Waals surface area (Å²) in [5.41, 5.74) is 6.98. The average Bonchev–Trinajstić information content (AvgIpc) is 2.76. The summed E-state index contributed by atoms with van der Waals surface area (Å²) in [5.74, 6) is -0.130. The second-order valence-electron chi connectivity index (χ2n) is 6.57. The molecule has 1 atom stereocenters. The summed E-state index contributed by atoms with van der Waals surface area (Å²) in [6.07, 6.45) is 0.364. The molecule has 0 bridgehead atoms. The highest BCUT2D eigenvalue weighted by molar-refractivity contribution is 7.90. The highest BCUT2D eigenvalue weighted by Crippen LogP contribution is 2.29. The maximum Gasteiger partial charge on any atom is 0.260 e. The Morgan fingerprint density at radius 1 is 1.13 bits per heavy atom. The molecule has 1 unspecified atom stereocenters. The van der Waals surface area contributed by atoms with E-state index in [1.807, 2.05) is 0 Å². The maximum absolute atomic E-state index is 13.0. The topological polar surface area (TPSA) is 152 Å². The van der Waals surface area contributed by atoms with Crippen molar-refractivity contribution in [3.05, 3.63) is 53.6 Å². The van der Waals surface area contributed by atoms with Crippen molar-refractivity contribution < 1.29 is 27.9 Å². The summed E-state index contributed by atoms with van der Waals surface area (Å²) in [7, 11) is -0.849. The number of amidine groups is 1. The van der Waals surface area contributed by atoms with E-state index in [2.05, 4.69) is 15.2 Å². The minimum absolute atomic E-state index is 0.0657. The molecular weight excluding hydrogens is 424 g/mol. The molecular formula is C20H26N4O6S. The molecule has 1 amide bonds. The Labute approximate surface area is 181 Å². The van der Waals surface area contributed by atoms with Gasteiger partial charge in [0.05, 0.1) is 20.0 Å². The van der Waals surface area contributed by atoms with Crippen LogP contribution >= 0.6 is 0 Å². The van der Waals surface area contributed by atoms with Gasteiger partial charge in [-0.05, 0) is 48.4 Å². The van der Waals surface area contributed by atoms with E-state index in [4.69, 9.17) is 20.4 Å². The zero-order chi connectivity index (χ0) is 23.0. The molecule has 0 aliphatic heterocycles. The Morgan fingerprint density at radius 2 is 1.71 bits per heavy atom. The second-order valence-corrected chi connectivity index (χ2v) is 8.41. The van der Waals surface area contributed by atoms with Crippen LogP contribution in [0.5, 0.6) is 11.5 Å². The van der Waals surface area contributed by atoms with Crippen LogP contribution < -0.4 is 25.2 Å². The molecule has 0 heterocycles. The third kappa shape index (κ3) is 6.51. The fraction of sp³-hybridized carbons (Fsp3) is 0.300. The summed E-state index contributed by atoms with van der Waals surface area (Å²) in [5, 5.41) is 14.7. The molecule has 0 aromatic heterocycles. The number of carbonyl (C=O) groups is 1. The molecule has 2 rings (SSSR count). The van der Waals surface area contributed by atoms with Crippen LogP contribution in [0, 0.1) is 0 Å². The fourth-order valence-corrected chi connectivity index (χ4v) is 3.85. The number of amides is 1. The first-order chi connectivity index (χ1) is 14.7. The summed E-state index contributed by atoms with van der Waals surface area (Å²) in [6, 6.07) is 10.2. The molecule has 0 aliphatic rings. The normalized spacial score (nSPS) is 12.7. The summed E-state index contributed by atoms with van der Waals surface area (Å²) < 4.78 is 37.0. The highest BCUT2D eigenvalue weighted by atomic mass is 32.2. The third-order valence-corrected chi connectivity index (χ3v) is 5.76. The van der Waals surface area contributed by atoms with Crippen molar-refractivity contribution in [1.29, 1.82) is 0 Å². The number of ether oxygens (including phenoxy) is 2. The van der Waals surface area contributed by atoms with Crippen molar-refractivity contribution in [3.63, 3.8) is 0 Å². The summed E-state index contributed by atoms with van der Waals surface area (Å²) >= 11 is 0. The van der Waals surface area contributed by atoms with Gasteiger partial charge in [0.2, 0.25) is 10.0 Å². The van der Waals surface area contributed by atoms with Crippen LogP contribution in [0.4, 0.5) is 5.69 Å². The van der Waals surface area contributed by atoms with E-state index in [-0.39, 0.29) is 11.6 Å². The quantitative estimate of drug-likeness (QED) is 0.185. The number of methoxy groups -OCH3 is 2. The molecule has 0 spiro atoms. The zero-order valence-corrected chi connectivity index (χ0v) is 18.3. The molecule has 11 heteroatoms. The van der Waals surface area contributed by atoms with E-state index in [1.165, 1.54) is 14.2 Å².